The predicted octanol–water partition coefficient (Wildman–Crippen LogP) is 3.43. The highest BCUT2D eigenvalue weighted by molar-refractivity contribution is 7.99. The van der Waals surface area contributed by atoms with Crippen molar-refractivity contribution in [3.8, 4) is 11.7 Å². The first-order chi connectivity index (χ1) is 11.7. The molecule has 2 heterocycles. The lowest BCUT2D eigenvalue weighted by Crippen LogP contribution is -2.27. The Morgan fingerprint density at radius 2 is 2.17 bits per heavy atom. The maximum Gasteiger partial charge on any atom is 0.284 e. The number of carbonyl (C=O) groups excluding carboxylic acids is 1. The van der Waals surface area contributed by atoms with Crippen LogP contribution in [0.4, 0.5) is 0 Å². The van der Waals surface area contributed by atoms with Crippen LogP contribution in [-0.4, -0.2) is 28.4 Å². The van der Waals surface area contributed by atoms with Crippen LogP contribution in [0.15, 0.2) is 56.7 Å². The van der Waals surface area contributed by atoms with Crippen molar-refractivity contribution in [3.63, 3.8) is 0 Å². The van der Waals surface area contributed by atoms with Gasteiger partial charge in [0, 0.05) is 11.6 Å². The third-order valence-corrected chi connectivity index (χ3v) is 4.14. The number of halogens is 1. The lowest BCUT2D eigenvalue weighted by Gasteiger charge is -2.04. The van der Waals surface area contributed by atoms with Crippen molar-refractivity contribution in [2.45, 2.75) is 11.6 Å². The minimum Gasteiger partial charge on any atom is -0.459 e. The van der Waals surface area contributed by atoms with Gasteiger partial charge in [0.05, 0.1) is 12.0 Å². The molecule has 0 aliphatic heterocycles. The average Bonchev–Trinajstić information content (AvgIpc) is 3.24. The SMILES string of the molecule is O=C(CSc1nnc(-c2ccco2)o1)NCCc1cccc(Cl)c1. The number of carbonyl (C=O) groups is 1. The number of aromatic nitrogens is 2. The fraction of sp³-hybridized carbons (Fsp3) is 0.188. The molecule has 0 aliphatic rings. The fourth-order valence-corrected chi connectivity index (χ4v) is 2.79. The second-order valence-electron chi connectivity index (χ2n) is 4.87. The Bertz CT molecular complexity index is 805. The number of furan rings is 1. The van der Waals surface area contributed by atoms with Crippen LogP contribution in [0.1, 0.15) is 5.56 Å². The Morgan fingerprint density at radius 3 is 2.96 bits per heavy atom. The second-order valence-corrected chi connectivity index (χ2v) is 6.23. The normalized spacial score (nSPS) is 10.7. The van der Waals surface area contributed by atoms with E-state index in [1.807, 2.05) is 24.3 Å². The van der Waals surface area contributed by atoms with E-state index in [0.29, 0.717) is 28.4 Å². The van der Waals surface area contributed by atoms with Crippen molar-refractivity contribution in [3.05, 3.63) is 53.2 Å². The number of nitrogens with one attached hydrogen (secondary N) is 1. The second kappa shape index (κ2) is 8.03. The quantitative estimate of drug-likeness (QED) is 0.647. The Labute approximate surface area is 147 Å². The summed E-state index contributed by atoms with van der Waals surface area (Å²) in [6.45, 7) is 0.543. The van der Waals surface area contributed by atoms with Gasteiger partial charge in [-0.25, -0.2) is 0 Å². The summed E-state index contributed by atoms with van der Waals surface area (Å²) in [6.07, 6.45) is 2.25. The third kappa shape index (κ3) is 4.62. The van der Waals surface area contributed by atoms with Crippen LogP contribution in [0.2, 0.25) is 5.02 Å². The first kappa shape index (κ1) is 16.6. The fourth-order valence-electron chi connectivity index (χ4n) is 1.98. The van der Waals surface area contributed by atoms with Gasteiger partial charge in [-0.2, -0.15) is 0 Å². The zero-order chi connectivity index (χ0) is 16.8. The third-order valence-electron chi connectivity index (χ3n) is 3.09. The summed E-state index contributed by atoms with van der Waals surface area (Å²) in [5.41, 5.74) is 1.08. The van der Waals surface area contributed by atoms with Gasteiger partial charge in [0.25, 0.3) is 11.1 Å². The summed E-state index contributed by atoms with van der Waals surface area (Å²) in [5.74, 6) is 0.902. The zero-order valence-corrected chi connectivity index (χ0v) is 14.1. The topological polar surface area (TPSA) is 81.2 Å². The number of thioether (sulfide) groups is 1. The van der Waals surface area contributed by atoms with E-state index in [9.17, 15) is 4.79 Å². The lowest BCUT2D eigenvalue weighted by molar-refractivity contribution is -0.118. The molecule has 124 valence electrons. The van der Waals surface area contributed by atoms with Crippen molar-refractivity contribution in [1.82, 2.24) is 15.5 Å². The van der Waals surface area contributed by atoms with E-state index in [1.165, 1.54) is 18.0 Å². The summed E-state index contributed by atoms with van der Waals surface area (Å²) < 4.78 is 10.6. The molecule has 6 nitrogen and oxygen atoms in total. The molecule has 1 aromatic carbocycles. The van der Waals surface area contributed by atoms with Crippen LogP contribution in [0.5, 0.6) is 0 Å². The zero-order valence-electron chi connectivity index (χ0n) is 12.6. The first-order valence-electron chi connectivity index (χ1n) is 7.22. The smallest absolute Gasteiger partial charge is 0.284 e. The number of hydrogen-bond acceptors (Lipinski definition) is 6. The van der Waals surface area contributed by atoms with Gasteiger partial charge in [0.15, 0.2) is 5.76 Å². The van der Waals surface area contributed by atoms with E-state index in [1.54, 1.807) is 12.1 Å². The van der Waals surface area contributed by atoms with Crippen LogP contribution in [0, 0.1) is 0 Å². The number of rotatable bonds is 7. The molecule has 0 radical (unpaired) electrons. The molecule has 0 saturated heterocycles. The molecule has 0 saturated carbocycles. The van der Waals surface area contributed by atoms with E-state index in [-0.39, 0.29) is 11.7 Å². The molecule has 3 rings (SSSR count). The van der Waals surface area contributed by atoms with Crippen molar-refractivity contribution in [1.29, 1.82) is 0 Å². The molecule has 1 amide bonds. The lowest BCUT2D eigenvalue weighted by atomic mass is 10.1. The van der Waals surface area contributed by atoms with Crippen molar-refractivity contribution < 1.29 is 13.6 Å². The van der Waals surface area contributed by atoms with Gasteiger partial charge < -0.3 is 14.2 Å². The molecule has 1 N–H and O–H groups in total. The molecular weight excluding hydrogens is 350 g/mol. The van der Waals surface area contributed by atoms with Gasteiger partial charge in [-0.1, -0.05) is 35.5 Å². The van der Waals surface area contributed by atoms with Crippen molar-refractivity contribution >= 4 is 29.3 Å². The summed E-state index contributed by atoms with van der Waals surface area (Å²) in [7, 11) is 0. The van der Waals surface area contributed by atoms with Gasteiger partial charge in [-0.3, -0.25) is 4.79 Å². The molecular formula is C16H14ClN3O3S. The van der Waals surface area contributed by atoms with Crippen molar-refractivity contribution in [2.24, 2.45) is 0 Å². The average molecular weight is 364 g/mol. The number of nitrogens with zero attached hydrogens (tertiary/aromatic N) is 2. The first-order valence-corrected chi connectivity index (χ1v) is 8.58. The molecule has 2 aromatic heterocycles. The summed E-state index contributed by atoms with van der Waals surface area (Å²) in [6, 6.07) is 11.0. The molecule has 0 atom stereocenters. The van der Waals surface area contributed by atoms with Gasteiger partial charge >= 0.3 is 0 Å². The molecule has 3 aromatic rings. The van der Waals surface area contributed by atoms with Gasteiger partial charge in [0.2, 0.25) is 5.91 Å². The van der Waals surface area contributed by atoms with Crippen LogP contribution in [-0.2, 0) is 11.2 Å². The molecule has 24 heavy (non-hydrogen) atoms. The van der Waals surface area contributed by atoms with E-state index < -0.39 is 0 Å². The molecule has 0 aliphatic carbocycles. The summed E-state index contributed by atoms with van der Waals surface area (Å²) in [5, 5.41) is 11.6. The monoisotopic (exact) mass is 363 g/mol. The Kier molecular flexibility index (Phi) is 5.55. The van der Waals surface area contributed by atoms with E-state index in [4.69, 9.17) is 20.4 Å². The van der Waals surface area contributed by atoms with Gasteiger partial charge in [-0.05, 0) is 36.2 Å². The highest BCUT2D eigenvalue weighted by Crippen LogP contribution is 2.23. The Hall–Kier alpha value is -2.25. The van der Waals surface area contributed by atoms with E-state index in [2.05, 4.69) is 15.5 Å². The Balaban J connectivity index is 1.41. The van der Waals surface area contributed by atoms with Crippen LogP contribution in [0.25, 0.3) is 11.7 Å². The van der Waals surface area contributed by atoms with Crippen molar-refractivity contribution in [2.75, 3.05) is 12.3 Å². The number of amides is 1. The molecule has 0 unspecified atom stereocenters. The highest BCUT2D eigenvalue weighted by atomic mass is 35.5. The maximum atomic E-state index is 11.8. The largest absolute Gasteiger partial charge is 0.459 e. The van der Waals surface area contributed by atoms with Gasteiger partial charge in [-0.15, -0.1) is 10.2 Å². The van der Waals surface area contributed by atoms with Gasteiger partial charge in [0.1, 0.15) is 0 Å². The summed E-state index contributed by atoms with van der Waals surface area (Å²) in [4.78, 5) is 11.8. The number of hydrogen-bond donors (Lipinski definition) is 1. The predicted molar refractivity (Wildman–Crippen MR) is 90.9 cm³/mol. The minimum absolute atomic E-state index is 0.0974. The highest BCUT2D eigenvalue weighted by Gasteiger charge is 2.12. The maximum absolute atomic E-state index is 11.8. The van der Waals surface area contributed by atoms with Crippen LogP contribution >= 0.6 is 23.4 Å². The molecule has 0 spiro atoms. The van der Waals surface area contributed by atoms with E-state index in [0.717, 1.165) is 12.0 Å². The molecule has 0 fully saturated rings. The van der Waals surface area contributed by atoms with Crippen LogP contribution < -0.4 is 5.32 Å². The molecule has 0 bridgehead atoms. The standard InChI is InChI=1S/C16H14ClN3O3S/c17-12-4-1-3-11(9-12)6-7-18-14(21)10-24-16-20-19-15(23-16)13-5-2-8-22-13/h1-5,8-9H,6-7,10H2,(H,18,21). The minimum atomic E-state index is -0.0974. The molecule has 8 heteroatoms. The van der Waals surface area contributed by atoms with Crippen LogP contribution in [0.3, 0.4) is 0 Å². The Morgan fingerprint density at radius 1 is 1.25 bits per heavy atom. The van der Waals surface area contributed by atoms with E-state index >= 15 is 0 Å². The summed E-state index contributed by atoms with van der Waals surface area (Å²) >= 11 is 7.10. The number of benzene rings is 1.